The molecule has 1 rings (SSSR count). The largest absolute Gasteiger partial charge is 0.478 e. The Balaban J connectivity index is 2.53. The Morgan fingerprint density at radius 3 is 2.88 bits per heavy atom. The zero-order valence-electron chi connectivity index (χ0n) is 9.65. The van der Waals surface area contributed by atoms with Crippen LogP contribution in [0, 0.1) is 0 Å². The number of aromatic carboxylic acids is 1. The van der Waals surface area contributed by atoms with Crippen LogP contribution in [0.2, 0.25) is 0 Å². The fraction of sp³-hybridized carbons (Fsp3) is 0.357. The molecule has 0 aliphatic carbocycles. The normalized spacial score (nSPS) is 10.8. The lowest BCUT2D eigenvalue weighted by Crippen LogP contribution is -1.95. The minimum atomic E-state index is -0.874. The molecule has 2 nitrogen and oxygen atoms in total. The molecule has 1 N–H and O–H groups in total. The molecular formula is C14H18O2. The lowest BCUT2D eigenvalue weighted by atomic mass is 10.1. The first-order valence-electron chi connectivity index (χ1n) is 5.74. The second kappa shape index (κ2) is 6.83. The van der Waals surface area contributed by atoms with Crippen LogP contribution in [-0.2, 0) is 0 Å². The molecule has 86 valence electrons. The first-order valence-corrected chi connectivity index (χ1v) is 5.74. The van der Waals surface area contributed by atoms with Crippen molar-refractivity contribution in [3.05, 3.63) is 41.5 Å². The van der Waals surface area contributed by atoms with Crippen LogP contribution in [0.1, 0.15) is 48.5 Å². The van der Waals surface area contributed by atoms with Gasteiger partial charge in [-0.2, -0.15) is 0 Å². The van der Waals surface area contributed by atoms with E-state index in [1.165, 1.54) is 19.3 Å². The van der Waals surface area contributed by atoms with Crippen molar-refractivity contribution in [1.29, 1.82) is 0 Å². The summed E-state index contributed by atoms with van der Waals surface area (Å²) in [5.74, 6) is -0.874. The fourth-order valence-electron chi connectivity index (χ4n) is 1.51. The van der Waals surface area contributed by atoms with Gasteiger partial charge in [0.2, 0.25) is 0 Å². The summed E-state index contributed by atoms with van der Waals surface area (Å²) in [6, 6.07) is 6.99. The standard InChI is InChI=1S/C14H18O2/c1-2-3-4-5-6-8-12-9-7-10-13(11-12)14(15)16/h6-11H,2-5H2,1H3,(H,15,16)/b8-6+. The summed E-state index contributed by atoms with van der Waals surface area (Å²) in [6.07, 6.45) is 8.83. The third-order valence-corrected chi connectivity index (χ3v) is 2.42. The van der Waals surface area contributed by atoms with Gasteiger partial charge in [0.1, 0.15) is 0 Å². The fourth-order valence-corrected chi connectivity index (χ4v) is 1.51. The van der Waals surface area contributed by atoms with Crippen LogP contribution in [0.5, 0.6) is 0 Å². The van der Waals surface area contributed by atoms with E-state index in [1.807, 2.05) is 12.1 Å². The van der Waals surface area contributed by atoms with E-state index in [1.54, 1.807) is 18.2 Å². The minimum Gasteiger partial charge on any atom is -0.478 e. The molecule has 0 unspecified atom stereocenters. The molecule has 0 radical (unpaired) electrons. The molecule has 0 aliphatic heterocycles. The van der Waals surface area contributed by atoms with E-state index < -0.39 is 5.97 Å². The van der Waals surface area contributed by atoms with Crippen LogP contribution in [0.3, 0.4) is 0 Å². The van der Waals surface area contributed by atoms with Gasteiger partial charge in [0, 0.05) is 0 Å². The molecule has 0 bridgehead atoms. The van der Waals surface area contributed by atoms with Crippen LogP contribution in [-0.4, -0.2) is 11.1 Å². The Kier molecular flexibility index (Phi) is 5.34. The molecule has 2 heteroatoms. The van der Waals surface area contributed by atoms with E-state index >= 15 is 0 Å². The van der Waals surface area contributed by atoms with Gasteiger partial charge in [0.15, 0.2) is 0 Å². The van der Waals surface area contributed by atoms with Gasteiger partial charge in [-0.05, 0) is 30.5 Å². The lowest BCUT2D eigenvalue weighted by molar-refractivity contribution is 0.0697. The van der Waals surface area contributed by atoms with E-state index in [2.05, 4.69) is 13.0 Å². The molecule has 0 fully saturated rings. The second-order valence-corrected chi connectivity index (χ2v) is 3.83. The predicted octanol–water partition coefficient (Wildman–Crippen LogP) is 3.98. The van der Waals surface area contributed by atoms with Gasteiger partial charge < -0.3 is 5.11 Å². The van der Waals surface area contributed by atoms with E-state index in [0.717, 1.165) is 12.0 Å². The van der Waals surface area contributed by atoms with Crippen LogP contribution in [0.4, 0.5) is 0 Å². The van der Waals surface area contributed by atoms with Crippen LogP contribution in [0.15, 0.2) is 30.3 Å². The van der Waals surface area contributed by atoms with Gasteiger partial charge in [0.25, 0.3) is 0 Å². The van der Waals surface area contributed by atoms with Gasteiger partial charge in [-0.1, -0.05) is 44.1 Å². The van der Waals surface area contributed by atoms with Crippen molar-refractivity contribution in [3.63, 3.8) is 0 Å². The molecule has 1 aromatic rings. The highest BCUT2D eigenvalue weighted by Crippen LogP contribution is 2.08. The summed E-state index contributed by atoms with van der Waals surface area (Å²) in [7, 11) is 0. The van der Waals surface area contributed by atoms with Crippen molar-refractivity contribution in [3.8, 4) is 0 Å². The van der Waals surface area contributed by atoms with Crippen LogP contribution in [0.25, 0.3) is 6.08 Å². The number of hydrogen-bond donors (Lipinski definition) is 1. The highest BCUT2D eigenvalue weighted by atomic mass is 16.4. The Hall–Kier alpha value is -1.57. The number of carboxylic acid groups (broad SMARTS) is 1. The molecule has 0 spiro atoms. The molecule has 0 atom stereocenters. The molecule has 0 amide bonds. The number of carbonyl (C=O) groups is 1. The third-order valence-electron chi connectivity index (χ3n) is 2.42. The smallest absolute Gasteiger partial charge is 0.335 e. The zero-order chi connectivity index (χ0) is 11.8. The van der Waals surface area contributed by atoms with Crippen molar-refractivity contribution in [2.75, 3.05) is 0 Å². The number of unbranched alkanes of at least 4 members (excludes halogenated alkanes) is 3. The van der Waals surface area contributed by atoms with Gasteiger partial charge in [-0.3, -0.25) is 0 Å². The van der Waals surface area contributed by atoms with E-state index in [-0.39, 0.29) is 0 Å². The average molecular weight is 218 g/mol. The van der Waals surface area contributed by atoms with Crippen molar-refractivity contribution in [2.45, 2.75) is 32.6 Å². The minimum absolute atomic E-state index is 0.343. The maximum absolute atomic E-state index is 10.7. The monoisotopic (exact) mass is 218 g/mol. The second-order valence-electron chi connectivity index (χ2n) is 3.83. The van der Waals surface area contributed by atoms with Gasteiger partial charge in [-0.15, -0.1) is 0 Å². The molecule has 0 saturated carbocycles. The van der Waals surface area contributed by atoms with Gasteiger partial charge >= 0.3 is 5.97 Å². The lowest BCUT2D eigenvalue weighted by Gasteiger charge is -1.97. The number of hydrogen-bond acceptors (Lipinski definition) is 1. The summed E-state index contributed by atoms with van der Waals surface area (Å²) in [5.41, 5.74) is 1.30. The average Bonchev–Trinajstić information content (AvgIpc) is 2.29. The van der Waals surface area contributed by atoms with Crippen molar-refractivity contribution in [2.24, 2.45) is 0 Å². The molecule has 0 aliphatic rings. The highest BCUT2D eigenvalue weighted by Gasteiger charge is 2.00. The first-order chi connectivity index (χ1) is 7.74. The Labute approximate surface area is 96.6 Å². The Morgan fingerprint density at radius 2 is 2.19 bits per heavy atom. The topological polar surface area (TPSA) is 37.3 Å². The zero-order valence-corrected chi connectivity index (χ0v) is 9.65. The molecule has 1 aromatic carbocycles. The van der Waals surface area contributed by atoms with E-state index in [4.69, 9.17) is 5.11 Å². The van der Waals surface area contributed by atoms with Gasteiger partial charge in [-0.25, -0.2) is 4.79 Å². The number of benzene rings is 1. The van der Waals surface area contributed by atoms with Crippen LogP contribution < -0.4 is 0 Å². The first kappa shape index (κ1) is 12.5. The van der Waals surface area contributed by atoms with Crippen molar-refractivity contribution < 1.29 is 9.90 Å². The molecule has 0 heterocycles. The van der Waals surface area contributed by atoms with Crippen molar-refractivity contribution in [1.82, 2.24) is 0 Å². The van der Waals surface area contributed by atoms with E-state index in [0.29, 0.717) is 5.56 Å². The summed E-state index contributed by atoms with van der Waals surface area (Å²) < 4.78 is 0. The van der Waals surface area contributed by atoms with E-state index in [9.17, 15) is 4.79 Å². The summed E-state index contributed by atoms with van der Waals surface area (Å²) in [5, 5.41) is 8.83. The molecular weight excluding hydrogens is 200 g/mol. The molecule has 0 aromatic heterocycles. The summed E-state index contributed by atoms with van der Waals surface area (Å²) >= 11 is 0. The maximum Gasteiger partial charge on any atom is 0.335 e. The summed E-state index contributed by atoms with van der Waals surface area (Å²) in [6.45, 7) is 2.18. The van der Waals surface area contributed by atoms with Crippen molar-refractivity contribution >= 4 is 12.0 Å². The number of rotatable bonds is 6. The Morgan fingerprint density at radius 1 is 1.38 bits per heavy atom. The molecule has 16 heavy (non-hydrogen) atoms. The highest BCUT2D eigenvalue weighted by molar-refractivity contribution is 5.88. The van der Waals surface area contributed by atoms with Crippen LogP contribution >= 0.6 is 0 Å². The van der Waals surface area contributed by atoms with Gasteiger partial charge in [0.05, 0.1) is 5.56 Å². The number of carboxylic acids is 1. The third kappa shape index (κ3) is 4.30. The quantitative estimate of drug-likeness (QED) is 0.733. The summed E-state index contributed by atoms with van der Waals surface area (Å²) in [4.78, 5) is 10.7. The molecule has 0 saturated heterocycles. The number of allylic oxidation sites excluding steroid dienone is 1. The predicted molar refractivity (Wildman–Crippen MR) is 66.6 cm³/mol. The maximum atomic E-state index is 10.7. The SMILES string of the molecule is CCCCC/C=C/c1cccc(C(=O)O)c1. The Bertz CT molecular complexity index is 367.